The Morgan fingerprint density at radius 1 is 0.682 bits per heavy atom. The highest BCUT2D eigenvalue weighted by Crippen LogP contribution is 2.13. The van der Waals surface area contributed by atoms with E-state index in [1.807, 2.05) is 13.8 Å². The summed E-state index contributed by atoms with van der Waals surface area (Å²) in [5, 5.41) is 0. The minimum atomic E-state index is -3.65. The molecule has 0 heterocycles. The van der Waals surface area contributed by atoms with Crippen LogP contribution in [0.5, 0.6) is 0 Å². The monoisotopic (exact) mass is 358 g/mol. The zero-order valence-electron chi connectivity index (χ0n) is 14.1. The summed E-state index contributed by atoms with van der Waals surface area (Å²) in [4.78, 5) is 0. The average molecular weight is 359 g/mol. The van der Waals surface area contributed by atoms with Crippen LogP contribution < -0.4 is 0 Å². The molecule has 0 amide bonds. The van der Waals surface area contributed by atoms with Crippen LogP contribution in [0.15, 0.2) is 0 Å². The minimum absolute atomic E-state index is 0.0544. The molecule has 8 heteroatoms. The molecule has 0 aromatic rings. The van der Waals surface area contributed by atoms with Crippen molar-refractivity contribution >= 4 is 20.2 Å². The first kappa shape index (κ1) is 21.8. The van der Waals surface area contributed by atoms with Crippen molar-refractivity contribution in [1.82, 2.24) is 0 Å². The lowest BCUT2D eigenvalue weighted by molar-refractivity contribution is 0.0870. The van der Waals surface area contributed by atoms with E-state index in [2.05, 4.69) is 0 Å². The molecule has 0 bridgehead atoms. The molecular formula is C14H30O6S2. The predicted molar refractivity (Wildman–Crippen MR) is 87.7 cm³/mol. The molecule has 0 saturated heterocycles. The maximum atomic E-state index is 11.8. The van der Waals surface area contributed by atoms with Gasteiger partial charge in [-0.05, 0) is 26.7 Å². The normalized spacial score (nSPS) is 15.6. The number of unbranched alkanes of at least 4 members (excludes halogenated alkanes) is 4. The van der Waals surface area contributed by atoms with Gasteiger partial charge in [0.1, 0.15) is 12.2 Å². The molecule has 0 N–H and O–H groups in total. The van der Waals surface area contributed by atoms with E-state index in [9.17, 15) is 16.8 Å². The molecule has 0 fully saturated rings. The third kappa shape index (κ3) is 10.5. The van der Waals surface area contributed by atoms with Crippen LogP contribution in [-0.2, 0) is 28.6 Å². The van der Waals surface area contributed by atoms with Gasteiger partial charge in [0.2, 0.25) is 0 Å². The fourth-order valence-corrected chi connectivity index (χ4v) is 4.32. The van der Waals surface area contributed by atoms with Crippen molar-refractivity contribution in [3.8, 4) is 0 Å². The lowest BCUT2D eigenvalue weighted by Crippen LogP contribution is -2.32. The van der Waals surface area contributed by atoms with Gasteiger partial charge < -0.3 is 0 Å². The van der Waals surface area contributed by atoms with E-state index in [1.165, 1.54) is 13.8 Å². The van der Waals surface area contributed by atoms with Crippen molar-refractivity contribution in [1.29, 1.82) is 0 Å². The number of rotatable bonds is 13. The SMILES string of the molecule is CCCCCS(=O)(=O)OC(C)C(C)OS(=O)(=O)CCCCC. The van der Waals surface area contributed by atoms with E-state index in [1.54, 1.807) is 0 Å². The predicted octanol–water partition coefficient (Wildman–Crippen LogP) is 2.84. The quantitative estimate of drug-likeness (QED) is 0.372. The zero-order valence-corrected chi connectivity index (χ0v) is 15.7. The molecule has 0 aliphatic heterocycles. The van der Waals surface area contributed by atoms with Crippen LogP contribution >= 0.6 is 0 Å². The number of hydrogen-bond donors (Lipinski definition) is 0. The maximum Gasteiger partial charge on any atom is 0.267 e. The second kappa shape index (κ2) is 10.6. The maximum absolute atomic E-state index is 11.8. The van der Waals surface area contributed by atoms with Crippen molar-refractivity contribution in [3.05, 3.63) is 0 Å². The minimum Gasteiger partial charge on any atom is -0.264 e. The molecule has 0 radical (unpaired) electrons. The van der Waals surface area contributed by atoms with Crippen molar-refractivity contribution in [2.45, 2.75) is 78.4 Å². The first-order valence-electron chi connectivity index (χ1n) is 7.95. The molecule has 0 spiro atoms. The van der Waals surface area contributed by atoms with Crippen molar-refractivity contribution in [3.63, 3.8) is 0 Å². The van der Waals surface area contributed by atoms with E-state index in [-0.39, 0.29) is 11.5 Å². The van der Waals surface area contributed by atoms with Gasteiger partial charge in [0.05, 0.1) is 11.5 Å². The molecule has 0 rings (SSSR count). The Balaban J connectivity index is 4.38. The highest BCUT2D eigenvalue weighted by molar-refractivity contribution is 7.87. The Hall–Kier alpha value is -0.180. The van der Waals surface area contributed by atoms with Crippen molar-refractivity contribution in [2.24, 2.45) is 0 Å². The lowest BCUT2D eigenvalue weighted by Gasteiger charge is -2.20. The van der Waals surface area contributed by atoms with Crippen LogP contribution in [0.25, 0.3) is 0 Å². The fourth-order valence-electron chi connectivity index (χ4n) is 1.77. The molecule has 134 valence electrons. The van der Waals surface area contributed by atoms with Crippen molar-refractivity contribution < 1.29 is 25.2 Å². The molecule has 0 aliphatic rings. The van der Waals surface area contributed by atoms with E-state index in [4.69, 9.17) is 8.37 Å². The van der Waals surface area contributed by atoms with Crippen LogP contribution in [0.4, 0.5) is 0 Å². The highest BCUT2D eigenvalue weighted by Gasteiger charge is 2.25. The molecule has 22 heavy (non-hydrogen) atoms. The Morgan fingerprint density at radius 3 is 1.27 bits per heavy atom. The van der Waals surface area contributed by atoms with Gasteiger partial charge in [0.15, 0.2) is 0 Å². The summed E-state index contributed by atoms with van der Waals surface area (Å²) in [5.41, 5.74) is 0. The molecule has 0 aromatic carbocycles. The van der Waals surface area contributed by atoms with Gasteiger partial charge in [-0.25, -0.2) is 0 Å². The molecule has 0 aliphatic carbocycles. The average Bonchev–Trinajstić information content (AvgIpc) is 2.37. The van der Waals surface area contributed by atoms with Gasteiger partial charge in [-0.3, -0.25) is 8.37 Å². The standard InChI is InChI=1S/C14H30O6S2/c1-5-7-9-11-21(15,16)19-13(3)14(4)20-22(17,18)12-10-8-6-2/h13-14H,5-12H2,1-4H3. The summed E-state index contributed by atoms with van der Waals surface area (Å²) in [5.74, 6) is -0.109. The van der Waals surface area contributed by atoms with Crippen LogP contribution in [0.3, 0.4) is 0 Å². The van der Waals surface area contributed by atoms with Gasteiger partial charge in [0, 0.05) is 0 Å². The largest absolute Gasteiger partial charge is 0.267 e. The molecule has 0 aromatic heterocycles. The van der Waals surface area contributed by atoms with E-state index < -0.39 is 32.4 Å². The first-order chi connectivity index (χ1) is 10.1. The third-order valence-corrected chi connectivity index (χ3v) is 6.02. The fraction of sp³-hybridized carbons (Fsp3) is 1.00. The highest BCUT2D eigenvalue weighted by atomic mass is 32.2. The lowest BCUT2D eigenvalue weighted by atomic mass is 10.3. The van der Waals surface area contributed by atoms with Crippen molar-refractivity contribution in [2.75, 3.05) is 11.5 Å². The van der Waals surface area contributed by atoms with Gasteiger partial charge in [-0.1, -0.05) is 39.5 Å². The Labute approximate surface area is 135 Å². The number of hydrogen-bond acceptors (Lipinski definition) is 6. The summed E-state index contributed by atoms with van der Waals surface area (Å²) in [6, 6.07) is 0. The summed E-state index contributed by atoms with van der Waals surface area (Å²) in [6.45, 7) is 6.97. The van der Waals surface area contributed by atoms with Crippen LogP contribution in [0.1, 0.15) is 66.2 Å². The smallest absolute Gasteiger partial charge is 0.264 e. The van der Waals surface area contributed by atoms with E-state index >= 15 is 0 Å². The summed E-state index contributed by atoms with van der Waals surface area (Å²) >= 11 is 0. The van der Waals surface area contributed by atoms with Crippen LogP contribution in [-0.4, -0.2) is 40.5 Å². The third-order valence-electron chi connectivity index (χ3n) is 3.25. The second-order valence-electron chi connectivity index (χ2n) is 5.54. The Kier molecular flexibility index (Phi) is 10.5. The van der Waals surface area contributed by atoms with Gasteiger partial charge in [-0.15, -0.1) is 0 Å². The van der Waals surface area contributed by atoms with Gasteiger partial charge in [0.25, 0.3) is 20.2 Å². The second-order valence-corrected chi connectivity index (χ2v) is 8.97. The first-order valence-corrected chi connectivity index (χ1v) is 11.1. The zero-order chi connectivity index (χ0) is 17.2. The molecule has 6 nitrogen and oxygen atoms in total. The van der Waals surface area contributed by atoms with E-state index in [0.717, 1.165) is 25.7 Å². The summed E-state index contributed by atoms with van der Waals surface area (Å²) in [7, 11) is -7.30. The van der Waals surface area contributed by atoms with Crippen LogP contribution in [0.2, 0.25) is 0 Å². The molecule has 2 unspecified atom stereocenters. The van der Waals surface area contributed by atoms with Gasteiger partial charge >= 0.3 is 0 Å². The Bertz CT molecular complexity index is 437. The molecule has 2 atom stereocenters. The molecule has 0 saturated carbocycles. The summed E-state index contributed by atoms with van der Waals surface area (Å²) < 4.78 is 57.1. The Morgan fingerprint density at radius 2 is 1.00 bits per heavy atom. The summed E-state index contributed by atoms with van der Waals surface area (Å²) in [6.07, 6.45) is 2.86. The topological polar surface area (TPSA) is 86.7 Å². The van der Waals surface area contributed by atoms with E-state index in [0.29, 0.717) is 12.8 Å². The molecular weight excluding hydrogens is 328 g/mol. The van der Waals surface area contributed by atoms with Crippen LogP contribution in [0, 0.1) is 0 Å². The van der Waals surface area contributed by atoms with Gasteiger partial charge in [-0.2, -0.15) is 16.8 Å².